The third-order valence-electron chi connectivity index (χ3n) is 3.14. The summed E-state index contributed by atoms with van der Waals surface area (Å²) in [6, 6.07) is 15.9. The maximum absolute atomic E-state index is 9.48. The highest BCUT2D eigenvalue weighted by atomic mass is 79.9. The second-order valence-electron chi connectivity index (χ2n) is 4.69. The molecule has 0 aliphatic carbocycles. The zero-order chi connectivity index (χ0) is 14.4. The standard InChI is InChI=1S/C16H17BrClNO/c17-16-9-14(18)7-6-13(16)10-19-15(11-20)8-12-4-2-1-3-5-12/h1-7,9,15,19-20H,8,10-11H2. The molecule has 106 valence electrons. The van der Waals surface area contributed by atoms with Crippen LogP contribution in [-0.2, 0) is 13.0 Å². The Morgan fingerprint density at radius 3 is 2.55 bits per heavy atom. The van der Waals surface area contributed by atoms with E-state index in [4.69, 9.17) is 11.6 Å². The van der Waals surface area contributed by atoms with E-state index in [2.05, 4.69) is 33.4 Å². The van der Waals surface area contributed by atoms with E-state index in [-0.39, 0.29) is 12.6 Å². The average molecular weight is 355 g/mol. The summed E-state index contributed by atoms with van der Waals surface area (Å²) in [5.41, 5.74) is 2.34. The van der Waals surface area contributed by atoms with E-state index in [1.165, 1.54) is 5.56 Å². The van der Waals surface area contributed by atoms with Crippen molar-refractivity contribution in [1.82, 2.24) is 5.32 Å². The molecule has 0 spiro atoms. The van der Waals surface area contributed by atoms with Gasteiger partial charge in [-0.3, -0.25) is 0 Å². The van der Waals surface area contributed by atoms with Crippen LogP contribution < -0.4 is 5.32 Å². The Balaban J connectivity index is 1.93. The van der Waals surface area contributed by atoms with Crippen molar-refractivity contribution in [2.75, 3.05) is 6.61 Å². The van der Waals surface area contributed by atoms with Crippen LogP contribution in [0.5, 0.6) is 0 Å². The van der Waals surface area contributed by atoms with Gasteiger partial charge in [0.2, 0.25) is 0 Å². The van der Waals surface area contributed by atoms with E-state index in [0.717, 1.165) is 16.5 Å². The summed E-state index contributed by atoms with van der Waals surface area (Å²) in [5.74, 6) is 0. The number of benzene rings is 2. The van der Waals surface area contributed by atoms with Crippen LogP contribution in [0.1, 0.15) is 11.1 Å². The normalized spacial score (nSPS) is 12.3. The van der Waals surface area contributed by atoms with Crippen LogP contribution in [0.2, 0.25) is 5.02 Å². The molecular formula is C16H17BrClNO. The molecule has 1 atom stereocenters. The van der Waals surface area contributed by atoms with Crippen LogP contribution >= 0.6 is 27.5 Å². The molecule has 2 rings (SSSR count). The molecule has 0 radical (unpaired) electrons. The number of nitrogens with one attached hydrogen (secondary N) is 1. The van der Waals surface area contributed by atoms with Crippen molar-refractivity contribution in [3.8, 4) is 0 Å². The van der Waals surface area contributed by atoms with Crippen LogP contribution in [0.25, 0.3) is 0 Å². The maximum atomic E-state index is 9.48. The second-order valence-corrected chi connectivity index (χ2v) is 5.98. The van der Waals surface area contributed by atoms with E-state index in [1.807, 2.05) is 36.4 Å². The highest BCUT2D eigenvalue weighted by Crippen LogP contribution is 2.21. The summed E-state index contributed by atoms with van der Waals surface area (Å²) in [6.07, 6.45) is 0.808. The number of halogens is 2. The van der Waals surface area contributed by atoms with Gasteiger partial charge >= 0.3 is 0 Å². The molecule has 2 nitrogen and oxygen atoms in total. The van der Waals surface area contributed by atoms with E-state index >= 15 is 0 Å². The molecule has 2 aromatic carbocycles. The Kier molecular flexibility index (Phi) is 6.05. The van der Waals surface area contributed by atoms with Gasteiger partial charge in [0.1, 0.15) is 0 Å². The number of aliphatic hydroxyl groups excluding tert-OH is 1. The maximum Gasteiger partial charge on any atom is 0.0587 e. The van der Waals surface area contributed by atoms with Crippen molar-refractivity contribution in [3.63, 3.8) is 0 Å². The van der Waals surface area contributed by atoms with Gasteiger partial charge in [0.05, 0.1) is 6.61 Å². The Morgan fingerprint density at radius 2 is 1.90 bits per heavy atom. The first-order valence-corrected chi connectivity index (χ1v) is 7.68. The summed E-state index contributed by atoms with van der Waals surface area (Å²) >= 11 is 9.42. The van der Waals surface area contributed by atoms with Crippen molar-refractivity contribution in [2.24, 2.45) is 0 Å². The quantitative estimate of drug-likeness (QED) is 0.827. The molecule has 1 unspecified atom stereocenters. The molecule has 0 aromatic heterocycles. The molecule has 0 amide bonds. The molecule has 0 aliphatic heterocycles. The van der Waals surface area contributed by atoms with Gasteiger partial charge in [-0.25, -0.2) is 0 Å². The largest absolute Gasteiger partial charge is 0.395 e. The van der Waals surface area contributed by atoms with Crippen LogP contribution in [0, 0.1) is 0 Å². The molecule has 0 saturated heterocycles. The highest BCUT2D eigenvalue weighted by molar-refractivity contribution is 9.10. The Hall–Kier alpha value is -0.870. The predicted molar refractivity (Wildman–Crippen MR) is 87.0 cm³/mol. The molecule has 4 heteroatoms. The number of hydrogen-bond donors (Lipinski definition) is 2. The third kappa shape index (κ3) is 4.60. The lowest BCUT2D eigenvalue weighted by atomic mass is 10.1. The van der Waals surface area contributed by atoms with E-state index < -0.39 is 0 Å². The van der Waals surface area contributed by atoms with Crippen molar-refractivity contribution in [1.29, 1.82) is 0 Å². The zero-order valence-electron chi connectivity index (χ0n) is 11.0. The first-order valence-electron chi connectivity index (χ1n) is 6.51. The van der Waals surface area contributed by atoms with Crippen LogP contribution in [-0.4, -0.2) is 17.8 Å². The Labute approximate surface area is 132 Å². The summed E-state index contributed by atoms with van der Waals surface area (Å²) in [6.45, 7) is 0.802. The van der Waals surface area contributed by atoms with Gasteiger partial charge < -0.3 is 10.4 Å². The Bertz CT molecular complexity index is 547. The summed E-state index contributed by atoms with van der Waals surface area (Å²) in [7, 11) is 0. The molecule has 0 aliphatic rings. The minimum Gasteiger partial charge on any atom is -0.395 e. The van der Waals surface area contributed by atoms with Gasteiger partial charge in [0, 0.05) is 22.1 Å². The van der Waals surface area contributed by atoms with Crippen molar-refractivity contribution >= 4 is 27.5 Å². The molecule has 0 fully saturated rings. The topological polar surface area (TPSA) is 32.3 Å². The number of hydrogen-bond acceptors (Lipinski definition) is 2. The average Bonchev–Trinajstić information content (AvgIpc) is 2.46. The highest BCUT2D eigenvalue weighted by Gasteiger charge is 2.09. The van der Waals surface area contributed by atoms with Crippen LogP contribution in [0.15, 0.2) is 53.0 Å². The predicted octanol–water partition coefficient (Wildman–Crippen LogP) is 3.80. The van der Waals surface area contributed by atoms with Crippen LogP contribution in [0.4, 0.5) is 0 Å². The van der Waals surface area contributed by atoms with Gasteiger partial charge in [-0.15, -0.1) is 0 Å². The molecule has 0 saturated carbocycles. The lowest BCUT2D eigenvalue weighted by Gasteiger charge is -2.17. The SMILES string of the molecule is OCC(Cc1ccccc1)NCc1ccc(Cl)cc1Br. The third-order valence-corrected chi connectivity index (χ3v) is 4.11. The molecule has 0 heterocycles. The zero-order valence-corrected chi connectivity index (χ0v) is 13.4. The van der Waals surface area contributed by atoms with Crippen molar-refractivity contribution < 1.29 is 5.11 Å². The second kappa shape index (κ2) is 7.79. The first-order chi connectivity index (χ1) is 9.69. The van der Waals surface area contributed by atoms with Gasteiger partial charge in [-0.05, 0) is 29.7 Å². The van der Waals surface area contributed by atoms with Gasteiger partial charge in [0.15, 0.2) is 0 Å². The van der Waals surface area contributed by atoms with Gasteiger partial charge in [-0.1, -0.05) is 63.9 Å². The molecular weight excluding hydrogens is 338 g/mol. The van der Waals surface area contributed by atoms with Gasteiger partial charge in [-0.2, -0.15) is 0 Å². The first kappa shape index (κ1) is 15.5. The van der Waals surface area contributed by atoms with E-state index in [0.29, 0.717) is 11.6 Å². The van der Waals surface area contributed by atoms with E-state index in [1.54, 1.807) is 0 Å². The van der Waals surface area contributed by atoms with E-state index in [9.17, 15) is 5.11 Å². The summed E-state index contributed by atoms with van der Waals surface area (Å²) in [4.78, 5) is 0. The van der Waals surface area contributed by atoms with Crippen molar-refractivity contribution in [2.45, 2.75) is 19.0 Å². The summed E-state index contributed by atoms with van der Waals surface area (Å²) < 4.78 is 0.980. The smallest absolute Gasteiger partial charge is 0.0587 e. The van der Waals surface area contributed by atoms with Crippen molar-refractivity contribution in [3.05, 3.63) is 69.2 Å². The summed E-state index contributed by atoms with van der Waals surface area (Å²) in [5, 5.41) is 13.6. The molecule has 2 N–H and O–H groups in total. The lowest BCUT2D eigenvalue weighted by Crippen LogP contribution is -2.34. The van der Waals surface area contributed by atoms with Crippen LogP contribution in [0.3, 0.4) is 0 Å². The Morgan fingerprint density at radius 1 is 1.15 bits per heavy atom. The fraction of sp³-hybridized carbons (Fsp3) is 0.250. The fourth-order valence-corrected chi connectivity index (χ4v) is 2.84. The number of rotatable bonds is 6. The monoisotopic (exact) mass is 353 g/mol. The molecule has 0 bridgehead atoms. The van der Waals surface area contributed by atoms with Gasteiger partial charge in [0.25, 0.3) is 0 Å². The fourth-order valence-electron chi connectivity index (χ4n) is 2.02. The molecule has 2 aromatic rings. The lowest BCUT2D eigenvalue weighted by molar-refractivity contribution is 0.240. The minimum absolute atomic E-state index is 0.0416. The minimum atomic E-state index is 0.0416. The molecule has 20 heavy (non-hydrogen) atoms. The number of aliphatic hydroxyl groups is 1.